The van der Waals surface area contributed by atoms with Crippen LogP contribution < -0.4 is 10.6 Å². The van der Waals surface area contributed by atoms with Gasteiger partial charge >= 0.3 is 11.8 Å². The summed E-state index contributed by atoms with van der Waals surface area (Å²) in [5, 5.41) is 15.9. The largest absolute Gasteiger partial charge is 0.393 e. The average Bonchev–Trinajstić information content (AvgIpc) is 2.91. The fourth-order valence-electron chi connectivity index (χ4n) is 3.46. The average molecular weight is 309 g/mol. The molecule has 2 aliphatic carbocycles. The number of fused-ring (bicyclic) bond motifs is 2. The molecule has 3 N–H and O–H groups in total. The van der Waals surface area contributed by atoms with Crippen LogP contribution in [-0.2, 0) is 9.59 Å². The molecule has 2 amide bonds. The monoisotopic (exact) mass is 309 g/mol. The van der Waals surface area contributed by atoms with Crippen LogP contribution in [0.15, 0.2) is 6.07 Å². The highest BCUT2D eigenvalue weighted by molar-refractivity contribution is 7.10. The summed E-state index contributed by atoms with van der Waals surface area (Å²) in [6, 6.07) is 1.72. The first-order valence-electron chi connectivity index (χ1n) is 7.26. The van der Waals surface area contributed by atoms with Gasteiger partial charge in [0.05, 0.1) is 11.8 Å². The lowest BCUT2D eigenvalue weighted by molar-refractivity contribution is -0.137. The number of rotatable bonds is 2. The number of nitrogens with zero attached hydrogens (tertiary/aromatic N) is 1. The van der Waals surface area contributed by atoms with Crippen LogP contribution in [0.5, 0.6) is 0 Å². The molecule has 1 aromatic rings. The van der Waals surface area contributed by atoms with Crippen molar-refractivity contribution in [2.75, 3.05) is 5.32 Å². The van der Waals surface area contributed by atoms with Gasteiger partial charge in [0.2, 0.25) is 0 Å². The molecule has 0 saturated heterocycles. The molecular formula is C14H19N3O3S. The van der Waals surface area contributed by atoms with Crippen LogP contribution in [0.25, 0.3) is 0 Å². The van der Waals surface area contributed by atoms with Crippen molar-refractivity contribution < 1.29 is 14.7 Å². The summed E-state index contributed by atoms with van der Waals surface area (Å²) in [4.78, 5) is 23.8. The zero-order chi connectivity index (χ0) is 15.0. The van der Waals surface area contributed by atoms with E-state index in [1.54, 1.807) is 6.07 Å². The Balaban J connectivity index is 1.53. The van der Waals surface area contributed by atoms with Gasteiger partial charge in [-0.25, -0.2) is 0 Å². The molecule has 1 heterocycles. The van der Waals surface area contributed by atoms with E-state index in [4.69, 9.17) is 0 Å². The van der Waals surface area contributed by atoms with Gasteiger partial charge in [-0.15, -0.1) is 0 Å². The maximum Gasteiger partial charge on any atom is 0.314 e. The van der Waals surface area contributed by atoms with E-state index in [0.29, 0.717) is 5.00 Å². The molecule has 2 saturated carbocycles. The first-order valence-corrected chi connectivity index (χ1v) is 8.03. The van der Waals surface area contributed by atoms with Gasteiger partial charge in [0, 0.05) is 6.04 Å². The number of aliphatic hydroxyl groups excluding tert-OH is 1. The molecule has 6 nitrogen and oxygen atoms in total. The van der Waals surface area contributed by atoms with E-state index in [0.717, 1.165) is 42.9 Å². The number of nitrogens with one attached hydrogen (secondary N) is 2. The Morgan fingerprint density at radius 2 is 1.95 bits per heavy atom. The fourth-order valence-corrected chi connectivity index (χ4v) is 4.11. The number of aryl methyl sites for hydroxylation is 1. The Kier molecular flexibility index (Phi) is 3.95. The quantitative estimate of drug-likeness (QED) is 0.712. The Morgan fingerprint density at radius 1 is 1.29 bits per heavy atom. The van der Waals surface area contributed by atoms with Gasteiger partial charge in [-0.1, -0.05) is 0 Å². The molecule has 1 aromatic heterocycles. The summed E-state index contributed by atoms with van der Waals surface area (Å²) in [7, 11) is 0. The van der Waals surface area contributed by atoms with Crippen molar-refractivity contribution in [1.82, 2.24) is 9.69 Å². The SMILES string of the molecule is Cc1cc(NC(=O)C(=O)NC2C[C@H]3CC[C@@H](C2)C3O)sn1. The lowest BCUT2D eigenvalue weighted by atomic mass is 9.83. The van der Waals surface area contributed by atoms with E-state index in [-0.39, 0.29) is 24.0 Å². The maximum absolute atomic E-state index is 11.9. The number of aromatic nitrogens is 1. The second kappa shape index (κ2) is 5.73. The standard InChI is InChI=1S/C14H19N3O3S/c1-7-4-11(21-17-7)16-14(20)13(19)15-10-5-8-2-3-9(6-10)12(8)18/h4,8-10,12,18H,2-3,5-6H2,1H3,(H,15,19)(H,16,20)/t8-,9+,10?,12?. The van der Waals surface area contributed by atoms with Gasteiger partial charge in [-0.05, 0) is 62.0 Å². The van der Waals surface area contributed by atoms with Crippen molar-refractivity contribution in [3.8, 4) is 0 Å². The van der Waals surface area contributed by atoms with E-state index in [2.05, 4.69) is 15.0 Å². The van der Waals surface area contributed by atoms with Gasteiger partial charge in [0.25, 0.3) is 0 Å². The van der Waals surface area contributed by atoms with Gasteiger partial charge in [-0.3, -0.25) is 9.59 Å². The summed E-state index contributed by atoms with van der Waals surface area (Å²) < 4.78 is 4.05. The second-order valence-corrected chi connectivity index (χ2v) is 6.82. The number of carbonyl (C=O) groups excluding carboxylic acids is 2. The zero-order valence-electron chi connectivity index (χ0n) is 11.8. The highest BCUT2D eigenvalue weighted by Crippen LogP contribution is 2.42. The summed E-state index contributed by atoms with van der Waals surface area (Å²) in [6.45, 7) is 1.83. The fraction of sp³-hybridized carbons (Fsp3) is 0.643. The molecule has 2 unspecified atom stereocenters. The normalized spacial score (nSPS) is 31.0. The van der Waals surface area contributed by atoms with Crippen molar-refractivity contribution in [2.45, 2.75) is 44.8 Å². The molecule has 3 rings (SSSR count). The lowest BCUT2D eigenvalue weighted by Gasteiger charge is -2.32. The van der Waals surface area contributed by atoms with Crippen LogP contribution >= 0.6 is 11.5 Å². The molecule has 21 heavy (non-hydrogen) atoms. The number of amides is 2. The van der Waals surface area contributed by atoms with Crippen LogP contribution in [0.1, 0.15) is 31.4 Å². The van der Waals surface area contributed by atoms with Crippen molar-refractivity contribution in [2.24, 2.45) is 11.8 Å². The zero-order valence-corrected chi connectivity index (χ0v) is 12.7. The number of aliphatic hydroxyl groups is 1. The van der Waals surface area contributed by atoms with Gasteiger partial charge in [0.1, 0.15) is 5.00 Å². The minimum absolute atomic E-state index is 0.00709. The number of carbonyl (C=O) groups is 2. The van der Waals surface area contributed by atoms with Crippen LogP contribution in [0.2, 0.25) is 0 Å². The number of anilines is 1. The van der Waals surface area contributed by atoms with Gasteiger partial charge in [0.15, 0.2) is 0 Å². The van der Waals surface area contributed by atoms with E-state index in [1.165, 1.54) is 0 Å². The molecule has 4 atom stereocenters. The third kappa shape index (κ3) is 3.08. The Hall–Kier alpha value is -1.47. The smallest absolute Gasteiger partial charge is 0.314 e. The van der Waals surface area contributed by atoms with Crippen molar-refractivity contribution in [3.05, 3.63) is 11.8 Å². The predicted octanol–water partition coefficient (Wildman–Crippen LogP) is 1.06. The maximum atomic E-state index is 11.9. The van der Waals surface area contributed by atoms with Crippen LogP contribution in [-0.4, -0.2) is 33.4 Å². The highest BCUT2D eigenvalue weighted by Gasteiger charge is 2.42. The van der Waals surface area contributed by atoms with E-state index < -0.39 is 11.8 Å². The van der Waals surface area contributed by atoms with Crippen molar-refractivity contribution in [1.29, 1.82) is 0 Å². The minimum Gasteiger partial charge on any atom is -0.393 e. The summed E-state index contributed by atoms with van der Waals surface area (Å²) in [5.41, 5.74) is 0.813. The summed E-state index contributed by atoms with van der Waals surface area (Å²) in [6.07, 6.45) is 3.33. The molecule has 0 aromatic carbocycles. The first-order chi connectivity index (χ1) is 10.0. The van der Waals surface area contributed by atoms with Crippen LogP contribution in [0.3, 0.4) is 0 Å². The van der Waals surface area contributed by atoms with E-state index >= 15 is 0 Å². The topological polar surface area (TPSA) is 91.3 Å². The second-order valence-electron chi connectivity index (χ2n) is 6.02. The first kappa shape index (κ1) is 14.5. The molecule has 0 radical (unpaired) electrons. The van der Waals surface area contributed by atoms with Crippen LogP contribution in [0.4, 0.5) is 5.00 Å². The number of hydrogen-bond donors (Lipinski definition) is 3. The molecule has 0 aliphatic heterocycles. The van der Waals surface area contributed by atoms with Gasteiger partial charge in [-0.2, -0.15) is 4.37 Å². The van der Waals surface area contributed by atoms with Gasteiger partial charge < -0.3 is 15.7 Å². The Labute approximate surface area is 127 Å². The molecule has 2 bridgehead atoms. The predicted molar refractivity (Wildman–Crippen MR) is 78.9 cm³/mol. The molecular weight excluding hydrogens is 290 g/mol. The third-order valence-electron chi connectivity index (χ3n) is 4.45. The number of hydrogen-bond acceptors (Lipinski definition) is 5. The Bertz CT molecular complexity index is 545. The molecule has 7 heteroatoms. The van der Waals surface area contributed by atoms with E-state index in [9.17, 15) is 14.7 Å². The summed E-state index contributed by atoms with van der Waals surface area (Å²) >= 11 is 1.16. The molecule has 0 spiro atoms. The lowest BCUT2D eigenvalue weighted by Crippen LogP contribution is -2.46. The minimum atomic E-state index is -0.655. The van der Waals surface area contributed by atoms with Crippen LogP contribution in [0, 0.1) is 18.8 Å². The van der Waals surface area contributed by atoms with Crippen molar-refractivity contribution >= 4 is 28.3 Å². The molecule has 2 aliphatic rings. The third-order valence-corrected chi connectivity index (χ3v) is 5.25. The highest BCUT2D eigenvalue weighted by atomic mass is 32.1. The van der Waals surface area contributed by atoms with Crippen molar-refractivity contribution in [3.63, 3.8) is 0 Å². The molecule has 114 valence electrons. The molecule has 2 fully saturated rings. The summed E-state index contributed by atoms with van der Waals surface area (Å²) in [5.74, 6) is -0.735. The van der Waals surface area contributed by atoms with E-state index in [1.807, 2.05) is 6.92 Å². The Morgan fingerprint density at radius 3 is 2.52 bits per heavy atom.